The second kappa shape index (κ2) is 4.84. The Kier molecular flexibility index (Phi) is 3.65. The lowest BCUT2D eigenvalue weighted by Gasteiger charge is -2.45. The zero-order valence-electron chi connectivity index (χ0n) is 10.5. The van der Waals surface area contributed by atoms with Crippen LogP contribution in [0.15, 0.2) is 11.6 Å². The maximum atomic E-state index is 4.57. The van der Waals surface area contributed by atoms with Gasteiger partial charge in [0.1, 0.15) is 5.01 Å². The fourth-order valence-electron chi connectivity index (χ4n) is 3.23. The quantitative estimate of drug-likeness (QED) is 0.873. The van der Waals surface area contributed by atoms with Crippen molar-refractivity contribution in [2.45, 2.75) is 45.1 Å². The Bertz CT molecular complexity index is 321. The standard InChI is InChI=1S/C13H22N2S/c1-10(2)11-6-4-5-7-13(11,14-3)12-15-8-9-16-12/h8-11,14H,4-7H2,1-3H3. The van der Waals surface area contributed by atoms with E-state index < -0.39 is 0 Å². The van der Waals surface area contributed by atoms with E-state index in [9.17, 15) is 0 Å². The maximum Gasteiger partial charge on any atom is 0.113 e. The van der Waals surface area contributed by atoms with Crippen molar-refractivity contribution in [3.05, 3.63) is 16.6 Å². The van der Waals surface area contributed by atoms with Crippen LogP contribution in [-0.2, 0) is 5.54 Å². The van der Waals surface area contributed by atoms with E-state index in [1.165, 1.54) is 30.7 Å². The van der Waals surface area contributed by atoms with Gasteiger partial charge in [-0.2, -0.15) is 0 Å². The first-order chi connectivity index (χ1) is 7.70. The molecule has 1 saturated carbocycles. The van der Waals surface area contributed by atoms with Crippen LogP contribution in [0, 0.1) is 11.8 Å². The van der Waals surface area contributed by atoms with Crippen LogP contribution in [0.4, 0.5) is 0 Å². The first-order valence-corrected chi connectivity index (χ1v) is 7.17. The molecule has 2 rings (SSSR count). The fraction of sp³-hybridized carbons (Fsp3) is 0.769. The summed E-state index contributed by atoms with van der Waals surface area (Å²) in [6.07, 6.45) is 7.20. The Balaban J connectivity index is 2.36. The molecule has 3 heteroatoms. The van der Waals surface area contributed by atoms with Gasteiger partial charge in [-0.15, -0.1) is 11.3 Å². The van der Waals surface area contributed by atoms with Crippen molar-refractivity contribution in [1.82, 2.24) is 10.3 Å². The van der Waals surface area contributed by atoms with Gasteiger partial charge >= 0.3 is 0 Å². The molecule has 0 saturated heterocycles. The Morgan fingerprint density at radius 2 is 2.31 bits per heavy atom. The molecule has 0 aromatic carbocycles. The van der Waals surface area contributed by atoms with Gasteiger partial charge in [0.25, 0.3) is 0 Å². The van der Waals surface area contributed by atoms with Gasteiger partial charge in [-0.1, -0.05) is 26.7 Å². The summed E-state index contributed by atoms with van der Waals surface area (Å²) >= 11 is 1.80. The highest BCUT2D eigenvalue weighted by atomic mass is 32.1. The van der Waals surface area contributed by atoms with Crippen molar-refractivity contribution >= 4 is 11.3 Å². The summed E-state index contributed by atoms with van der Waals surface area (Å²) < 4.78 is 0. The van der Waals surface area contributed by atoms with E-state index in [1.54, 1.807) is 11.3 Å². The van der Waals surface area contributed by atoms with Crippen LogP contribution in [0.1, 0.15) is 44.5 Å². The van der Waals surface area contributed by atoms with Gasteiger partial charge in [0.05, 0.1) is 5.54 Å². The lowest BCUT2D eigenvalue weighted by atomic mass is 9.68. The molecule has 1 N–H and O–H groups in total. The zero-order chi connectivity index (χ0) is 11.6. The van der Waals surface area contributed by atoms with E-state index in [4.69, 9.17) is 0 Å². The number of rotatable bonds is 3. The molecule has 1 aromatic rings. The van der Waals surface area contributed by atoms with Crippen LogP contribution in [-0.4, -0.2) is 12.0 Å². The van der Waals surface area contributed by atoms with Crippen LogP contribution < -0.4 is 5.32 Å². The Labute approximate surface area is 102 Å². The van der Waals surface area contributed by atoms with Crippen molar-refractivity contribution < 1.29 is 0 Å². The van der Waals surface area contributed by atoms with E-state index in [-0.39, 0.29) is 5.54 Å². The summed E-state index contributed by atoms with van der Waals surface area (Å²) in [4.78, 5) is 4.57. The number of hydrogen-bond acceptors (Lipinski definition) is 3. The van der Waals surface area contributed by atoms with Gasteiger partial charge in [0.15, 0.2) is 0 Å². The molecule has 1 aromatic heterocycles. The van der Waals surface area contributed by atoms with E-state index in [2.05, 4.69) is 36.6 Å². The average molecular weight is 238 g/mol. The summed E-state index contributed by atoms with van der Waals surface area (Å²) in [6, 6.07) is 0. The summed E-state index contributed by atoms with van der Waals surface area (Å²) in [5.74, 6) is 1.44. The van der Waals surface area contributed by atoms with E-state index >= 15 is 0 Å². The summed E-state index contributed by atoms with van der Waals surface area (Å²) in [5, 5.41) is 6.98. The van der Waals surface area contributed by atoms with Gasteiger partial charge in [0.2, 0.25) is 0 Å². The topological polar surface area (TPSA) is 24.9 Å². The van der Waals surface area contributed by atoms with Gasteiger partial charge in [-0.25, -0.2) is 4.98 Å². The highest BCUT2D eigenvalue weighted by molar-refractivity contribution is 7.09. The molecule has 0 spiro atoms. The summed E-state index contributed by atoms with van der Waals surface area (Å²) in [5.41, 5.74) is 0.139. The molecular weight excluding hydrogens is 216 g/mol. The van der Waals surface area contributed by atoms with Crippen LogP contribution in [0.3, 0.4) is 0 Å². The minimum Gasteiger partial charge on any atom is -0.308 e. The summed E-state index contributed by atoms with van der Waals surface area (Å²) in [7, 11) is 2.10. The second-order valence-electron chi connectivity index (χ2n) is 5.15. The number of aromatic nitrogens is 1. The average Bonchev–Trinajstić information content (AvgIpc) is 2.82. The molecule has 0 radical (unpaired) electrons. The molecule has 2 unspecified atom stereocenters. The molecule has 0 bridgehead atoms. The minimum atomic E-state index is 0.139. The third-order valence-electron chi connectivity index (χ3n) is 4.03. The molecule has 1 heterocycles. The third-order valence-corrected chi connectivity index (χ3v) is 4.98. The Hall–Kier alpha value is -0.410. The monoisotopic (exact) mass is 238 g/mol. The van der Waals surface area contributed by atoms with E-state index in [0.717, 1.165) is 11.8 Å². The van der Waals surface area contributed by atoms with Gasteiger partial charge < -0.3 is 5.32 Å². The van der Waals surface area contributed by atoms with Crippen LogP contribution in [0.5, 0.6) is 0 Å². The number of nitrogens with zero attached hydrogens (tertiary/aromatic N) is 1. The molecule has 1 aliphatic rings. The van der Waals surface area contributed by atoms with E-state index in [0.29, 0.717) is 0 Å². The SMILES string of the molecule is CNC1(c2nccs2)CCCCC1C(C)C. The molecule has 2 atom stereocenters. The molecule has 1 fully saturated rings. The highest BCUT2D eigenvalue weighted by Crippen LogP contribution is 2.45. The molecule has 0 amide bonds. The molecule has 1 aliphatic carbocycles. The second-order valence-corrected chi connectivity index (χ2v) is 6.05. The molecule has 2 nitrogen and oxygen atoms in total. The molecule has 0 aliphatic heterocycles. The first-order valence-electron chi connectivity index (χ1n) is 6.29. The first kappa shape index (κ1) is 12.1. The number of hydrogen-bond donors (Lipinski definition) is 1. The van der Waals surface area contributed by atoms with Crippen molar-refractivity contribution in [1.29, 1.82) is 0 Å². The zero-order valence-corrected chi connectivity index (χ0v) is 11.3. The van der Waals surface area contributed by atoms with Crippen LogP contribution in [0.25, 0.3) is 0 Å². The van der Waals surface area contributed by atoms with Crippen LogP contribution >= 0.6 is 11.3 Å². The lowest BCUT2D eigenvalue weighted by Crippen LogP contribution is -2.50. The van der Waals surface area contributed by atoms with Crippen molar-refractivity contribution in [3.63, 3.8) is 0 Å². The van der Waals surface area contributed by atoms with E-state index in [1.807, 2.05) is 6.20 Å². The largest absolute Gasteiger partial charge is 0.308 e. The smallest absolute Gasteiger partial charge is 0.113 e. The van der Waals surface area contributed by atoms with Gasteiger partial charge in [0, 0.05) is 11.6 Å². The normalized spacial score (nSPS) is 30.9. The number of thiazole rings is 1. The minimum absolute atomic E-state index is 0.139. The predicted octanol–water partition coefficient (Wildman–Crippen LogP) is 3.40. The third kappa shape index (κ3) is 1.91. The Morgan fingerprint density at radius 1 is 1.50 bits per heavy atom. The molecular formula is C13H22N2S. The maximum absolute atomic E-state index is 4.57. The van der Waals surface area contributed by atoms with Crippen LogP contribution in [0.2, 0.25) is 0 Å². The van der Waals surface area contributed by atoms with Crippen molar-refractivity contribution in [2.75, 3.05) is 7.05 Å². The predicted molar refractivity (Wildman–Crippen MR) is 69.6 cm³/mol. The lowest BCUT2D eigenvalue weighted by molar-refractivity contribution is 0.108. The Morgan fingerprint density at radius 3 is 2.88 bits per heavy atom. The van der Waals surface area contributed by atoms with Gasteiger partial charge in [-0.05, 0) is 31.7 Å². The molecule has 16 heavy (non-hydrogen) atoms. The molecule has 90 valence electrons. The fourth-order valence-corrected chi connectivity index (χ4v) is 4.17. The summed E-state index contributed by atoms with van der Waals surface area (Å²) in [6.45, 7) is 4.69. The van der Waals surface area contributed by atoms with Crippen molar-refractivity contribution in [3.8, 4) is 0 Å². The van der Waals surface area contributed by atoms with Crippen molar-refractivity contribution in [2.24, 2.45) is 11.8 Å². The highest BCUT2D eigenvalue weighted by Gasteiger charge is 2.44. The number of nitrogens with one attached hydrogen (secondary N) is 1. The van der Waals surface area contributed by atoms with Gasteiger partial charge in [-0.3, -0.25) is 0 Å².